The Hall–Kier alpha value is -0.120. The number of hydrogen-bond donors (Lipinski definition) is 1. The zero-order valence-corrected chi connectivity index (χ0v) is 12.4. The van der Waals surface area contributed by atoms with Crippen LogP contribution in [0.5, 0.6) is 0 Å². The standard InChI is InChI=1S/C14H30N2O/c1-7-12-8-15-14(4,5)10-16(12)13(9-17-6)11(2)3/h11-13,15H,7-10H2,1-6H3. The van der Waals surface area contributed by atoms with Gasteiger partial charge < -0.3 is 10.1 Å². The second-order valence-corrected chi connectivity index (χ2v) is 6.27. The van der Waals surface area contributed by atoms with Crippen molar-refractivity contribution in [1.82, 2.24) is 10.2 Å². The highest BCUT2D eigenvalue weighted by molar-refractivity contribution is 4.95. The first-order chi connectivity index (χ1) is 7.91. The lowest BCUT2D eigenvalue weighted by molar-refractivity contribution is -0.00380. The van der Waals surface area contributed by atoms with Gasteiger partial charge in [-0.25, -0.2) is 0 Å². The highest BCUT2D eigenvalue weighted by Crippen LogP contribution is 2.23. The zero-order chi connectivity index (χ0) is 13.1. The van der Waals surface area contributed by atoms with Crippen molar-refractivity contribution in [3.05, 3.63) is 0 Å². The molecule has 0 bridgehead atoms. The molecule has 1 aliphatic rings. The Morgan fingerprint density at radius 1 is 1.41 bits per heavy atom. The molecule has 0 saturated carbocycles. The molecule has 102 valence electrons. The quantitative estimate of drug-likeness (QED) is 0.799. The fraction of sp³-hybridized carbons (Fsp3) is 1.00. The average Bonchev–Trinajstić information content (AvgIpc) is 2.24. The smallest absolute Gasteiger partial charge is 0.0620 e. The number of nitrogens with one attached hydrogen (secondary N) is 1. The van der Waals surface area contributed by atoms with Crippen LogP contribution in [0.15, 0.2) is 0 Å². The van der Waals surface area contributed by atoms with Crippen molar-refractivity contribution in [3.63, 3.8) is 0 Å². The summed E-state index contributed by atoms with van der Waals surface area (Å²) < 4.78 is 5.42. The van der Waals surface area contributed by atoms with E-state index >= 15 is 0 Å². The summed E-state index contributed by atoms with van der Waals surface area (Å²) in [6.07, 6.45) is 1.20. The molecule has 0 aromatic rings. The lowest BCUT2D eigenvalue weighted by atomic mass is 9.92. The van der Waals surface area contributed by atoms with Crippen LogP contribution in [-0.2, 0) is 4.74 Å². The highest BCUT2D eigenvalue weighted by atomic mass is 16.5. The lowest BCUT2D eigenvalue weighted by Crippen LogP contribution is -2.65. The number of methoxy groups -OCH3 is 1. The molecule has 0 amide bonds. The van der Waals surface area contributed by atoms with Crippen LogP contribution in [0.4, 0.5) is 0 Å². The molecule has 1 aliphatic heterocycles. The van der Waals surface area contributed by atoms with Crippen LogP contribution in [0, 0.1) is 5.92 Å². The normalized spacial score (nSPS) is 27.4. The highest BCUT2D eigenvalue weighted by Gasteiger charge is 2.36. The van der Waals surface area contributed by atoms with E-state index in [1.807, 2.05) is 7.11 Å². The first-order valence-corrected chi connectivity index (χ1v) is 6.91. The summed E-state index contributed by atoms with van der Waals surface area (Å²) in [6.45, 7) is 14.5. The van der Waals surface area contributed by atoms with Gasteiger partial charge in [0.2, 0.25) is 0 Å². The van der Waals surface area contributed by atoms with E-state index in [1.54, 1.807) is 0 Å². The van der Waals surface area contributed by atoms with E-state index in [1.165, 1.54) is 6.42 Å². The SMILES string of the molecule is CCC1CNC(C)(C)CN1C(COC)C(C)C. The minimum Gasteiger partial charge on any atom is -0.383 e. The summed E-state index contributed by atoms with van der Waals surface area (Å²) in [6, 6.07) is 1.18. The van der Waals surface area contributed by atoms with Crippen molar-refractivity contribution >= 4 is 0 Å². The molecule has 1 heterocycles. The maximum Gasteiger partial charge on any atom is 0.0620 e. The summed E-state index contributed by atoms with van der Waals surface area (Å²) in [5.41, 5.74) is 0.215. The van der Waals surface area contributed by atoms with Gasteiger partial charge in [0.05, 0.1) is 6.61 Å². The molecule has 3 nitrogen and oxygen atoms in total. The second kappa shape index (κ2) is 6.17. The Kier molecular flexibility index (Phi) is 5.42. The van der Waals surface area contributed by atoms with Gasteiger partial charge in [-0.15, -0.1) is 0 Å². The Morgan fingerprint density at radius 3 is 2.53 bits per heavy atom. The van der Waals surface area contributed by atoms with Crippen LogP contribution in [0.3, 0.4) is 0 Å². The van der Waals surface area contributed by atoms with Crippen LogP contribution < -0.4 is 5.32 Å². The Balaban J connectivity index is 2.79. The van der Waals surface area contributed by atoms with Gasteiger partial charge in [0.1, 0.15) is 0 Å². The number of piperazine rings is 1. The van der Waals surface area contributed by atoms with Gasteiger partial charge >= 0.3 is 0 Å². The molecule has 0 aliphatic carbocycles. The number of ether oxygens (including phenoxy) is 1. The maximum absolute atomic E-state index is 5.42. The Labute approximate surface area is 107 Å². The fourth-order valence-corrected chi connectivity index (χ4v) is 2.76. The summed E-state index contributed by atoms with van der Waals surface area (Å²) in [5, 5.41) is 3.64. The van der Waals surface area contributed by atoms with Gasteiger partial charge in [0.25, 0.3) is 0 Å². The molecule has 1 saturated heterocycles. The molecule has 0 aromatic heterocycles. The van der Waals surface area contributed by atoms with E-state index in [9.17, 15) is 0 Å². The largest absolute Gasteiger partial charge is 0.383 e. The third-order valence-corrected chi connectivity index (χ3v) is 3.87. The van der Waals surface area contributed by atoms with Crippen molar-refractivity contribution in [3.8, 4) is 0 Å². The lowest BCUT2D eigenvalue weighted by Gasteiger charge is -2.49. The Bertz CT molecular complexity index is 228. The van der Waals surface area contributed by atoms with E-state index in [2.05, 4.69) is 44.8 Å². The molecule has 17 heavy (non-hydrogen) atoms. The van der Waals surface area contributed by atoms with E-state index < -0.39 is 0 Å². The zero-order valence-electron chi connectivity index (χ0n) is 12.4. The van der Waals surface area contributed by atoms with Gasteiger partial charge in [0, 0.05) is 37.8 Å². The monoisotopic (exact) mass is 242 g/mol. The molecular weight excluding hydrogens is 212 g/mol. The third kappa shape index (κ3) is 3.94. The summed E-state index contributed by atoms with van der Waals surface area (Å²) >= 11 is 0. The van der Waals surface area contributed by atoms with Gasteiger partial charge in [-0.05, 0) is 26.2 Å². The van der Waals surface area contributed by atoms with Gasteiger partial charge in [-0.2, -0.15) is 0 Å². The predicted molar refractivity (Wildman–Crippen MR) is 73.4 cm³/mol. The maximum atomic E-state index is 5.42. The van der Waals surface area contributed by atoms with Gasteiger partial charge in [-0.1, -0.05) is 20.8 Å². The van der Waals surface area contributed by atoms with Crippen molar-refractivity contribution in [2.24, 2.45) is 5.92 Å². The minimum absolute atomic E-state index is 0.215. The summed E-state index contributed by atoms with van der Waals surface area (Å²) in [7, 11) is 1.81. The third-order valence-electron chi connectivity index (χ3n) is 3.87. The van der Waals surface area contributed by atoms with Crippen LogP contribution in [0.1, 0.15) is 41.0 Å². The van der Waals surface area contributed by atoms with Crippen molar-refractivity contribution in [1.29, 1.82) is 0 Å². The molecule has 2 unspecified atom stereocenters. The second-order valence-electron chi connectivity index (χ2n) is 6.27. The molecule has 3 heteroatoms. The molecular formula is C14H30N2O. The molecule has 0 radical (unpaired) electrons. The van der Waals surface area contributed by atoms with Gasteiger partial charge in [0.15, 0.2) is 0 Å². The van der Waals surface area contributed by atoms with Crippen LogP contribution in [0.25, 0.3) is 0 Å². The molecule has 1 rings (SSSR count). The van der Waals surface area contributed by atoms with Crippen LogP contribution in [0.2, 0.25) is 0 Å². The first-order valence-electron chi connectivity index (χ1n) is 6.91. The van der Waals surface area contributed by atoms with Crippen molar-refractivity contribution < 1.29 is 4.74 Å². The number of rotatable bonds is 5. The summed E-state index contributed by atoms with van der Waals surface area (Å²) in [5.74, 6) is 0.637. The first kappa shape index (κ1) is 14.9. The van der Waals surface area contributed by atoms with Crippen molar-refractivity contribution in [2.75, 3.05) is 26.8 Å². The predicted octanol–water partition coefficient (Wildman–Crippen LogP) is 2.12. The van der Waals surface area contributed by atoms with E-state index in [-0.39, 0.29) is 5.54 Å². The van der Waals surface area contributed by atoms with Crippen LogP contribution in [-0.4, -0.2) is 49.3 Å². The Morgan fingerprint density at radius 2 is 2.06 bits per heavy atom. The molecule has 0 aromatic carbocycles. The number of hydrogen-bond acceptors (Lipinski definition) is 3. The molecule has 1 N–H and O–H groups in total. The molecule has 0 spiro atoms. The minimum atomic E-state index is 0.215. The molecule has 1 fully saturated rings. The number of nitrogens with zero attached hydrogens (tertiary/aromatic N) is 1. The van der Waals surface area contributed by atoms with E-state index in [0.717, 1.165) is 19.7 Å². The fourth-order valence-electron chi connectivity index (χ4n) is 2.76. The molecule has 2 atom stereocenters. The van der Waals surface area contributed by atoms with Crippen LogP contribution >= 0.6 is 0 Å². The topological polar surface area (TPSA) is 24.5 Å². The summed E-state index contributed by atoms with van der Waals surface area (Å²) in [4.78, 5) is 2.66. The van der Waals surface area contributed by atoms with E-state index in [4.69, 9.17) is 4.74 Å². The van der Waals surface area contributed by atoms with E-state index in [0.29, 0.717) is 18.0 Å². The van der Waals surface area contributed by atoms with Crippen molar-refractivity contribution in [2.45, 2.75) is 58.7 Å². The van der Waals surface area contributed by atoms with Gasteiger partial charge in [-0.3, -0.25) is 4.90 Å². The average molecular weight is 242 g/mol.